The van der Waals surface area contributed by atoms with E-state index in [1.165, 1.54) is 11.1 Å². The number of nitriles is 1. The number of benzene rings is 2. The van der Waals surface area contributed by atoms with E-state index in [0.29, 0.717) is 42.7 Å². The number of aromatic nitrogens is 1. The van der Waals surface area contributed by atoms with Crippen LogP contribution in [0.4, 0.5) is 0 Å². The number of amides is 1. The number of ether oxygens (including phenoxy) is 1. The van der Waals surface area contributed by atoms with Crippen LogP contribution in [-0.2, 0) is 12.0 Å². The molecule has 32 heavy (non-hydrogen) atoms. The Morgan fingerprint density at radius 2 is 1.97 bits per heavy atom. The molecule has 2 aliphatic rings. The number of nitrogens with one attached hydrogen (secondary N) is 1. The van der Waals surface area contributed by atoms with E-state index >= 15 is 0 Å². The van der Waals surface area contributed by atoms with E-state index in [-0.39, 0.29) is 5.91 Å². The standard InChI is InChI=1S/C27H25N3O2/c1-27(17-28)10-12-32-25-8-7-20(14-24(25)27)26(31)30-16-21-13-19(9-11-29-21)23-15-22(23)18-5-3-2-4-6-18/h2-9,11,13-14,22-23H,10,12,15-16H2,1H3,(H,30,31)/t22-,23-,27+/m1/s1. The van der Waals surface area contributed by atoms with E-state index in [4.69, 9.17) is 4.74 Å². The van der Waals surface area contributed by atoms with E-state index in [1.54, 1.807) is 18.2 Å². The van der Waals surface area contributed by atoms with Crippen LogP contribution in [-0.4, -0.2) is 17.5 Å². The van der Waals surface area contributed by atoms with Crippen LogP contribution >= 0.6 is 0 Å². The normalized spacial score (nSPS) is 23.4. The fourth-order valence-corrected chi connectivity index (χ4v) is 4.57. The Balaban J connectivity index is 1.26. The zero-order chi connectivity index (χ0) is 22.1. The topological polar surface area (TPSA) is 75.0 Å². The minimum atomic E-state index is -0.640. The molecule has 160 valence electrons. The minimum absolute atomic E-state index is 0.181. The maximum Gasteiger partial charge on any atom is 0.251 e. The molecular formula is C27H25N3O2. The molecule has 0 unspecified atom stereocenters. The van der Waals surface area contributed by atoms with Crippen molar-refractivity contribution in [2.24, 2.45) is 0 Å². The number of rotatable bonds is 5. The fourth-order valence-electron chi connectivity index (χ4n) is 4.57. The molecule has 2 aromatic carbocycles. The predicted molar refractivity (Wildman–Crippen MR) is 121 cm³/mol. The highest BCUT2D eigenvalue weighted by Gasteiger charge is 2.39. The summed E-state index contributed by atoms with van der Waals surface area (Å²) >= 11 is 0. The summed E-state index contributed by atoms with van der Waals surface area (Å²) in [6, 6.07) is 22.5. The Bertz CT molecular complexity index is 1200. The van der Waals surface area contributed by atoms with Crippen molar-refractivity contribution in [3.63, 3.8) is 0 Å². The first kappa shape index (κ1) is 20.3. The van der Waals surface area contributed by atoms with Gasteiger partial charge in [0.05, 0.1) is 30.3 Å². The summed E-state index contributed by atoms with van der Waals surface area (Å²) in [6.45, 7) is 2.77. The van der Waals surface area contributed by atoms with Crippen molar-refractivity contribution in [1.82, 2.24) is 10.3 Å². The SMILES string of the molecule is C[C@@]1(C#N)CCOc2ccc(C(=O)NCc3cc([C@H]4C[C@@H]4c4ccccc4)ccn3)cc21. The second-order valence-corrected chi connectivity index (χ2v) is 8.88. The minimum Gasteiger partial charge on any atom is -0.493 e. The first-order valence-electron chi connectivity index (χ1n) is 11.0. The molecule has 1 aromatic heterocycles. The van der Waals surface area contributed by atoms with Crippen molar-refractivity contribution < 1.29 is 9.53 Å². The molecule has 5 nitrogen and oxygen atoms in total. The molecule has 0 spiro atoms. The molecule has 0 radical (unpaired) electrons. The zero-order valence-corrected chi connectivity index (χ0v) is 18.0. The average Bonchev–Trinajstić information content (AvgIpc) is 3.64. The molecule has 1 N–H and O–H groups in total. The summed E-state index contributed by atoms with van der Waals surface area (Å²) in [4.78, 5) is 17.3. The van der Waals surface area contributed by atoms with E-state index in [9.17, 15) is 10.1 Å². The van der Waals surface area contributed by atoms with E-state index < -0.39 is 5.41 Å². The van der Waals surface area contributed by atoms with Gasteiger partial charge in [-0.2, -0.15) is 5.26 Å². The Morgan fingerprint density at radius 1 is 1.16 bits per heavy atom. The summed E-state index contributed by atoms with van der Waals surface area (Å²) < 4.78 is 5.67. The number of pyridine rings is 1. The number of nitrogens with zero attached hydrogens (tertiary/aromatic N) is 2. The van der Waals surface area contributed by atoms with Crippen molar-refractivity contribution in [1.29, 1.82) is 5.26 Å². The molecule has 1 aliphatic carbocycles. The molecule has 5 heteroatoms. The second-order valence-electron chi connectivity index (χ2n) is 8.88. The molecule has 1 fully saturated rings. The number of carbonyl (C=O) groups is 1. The lowest BCUT2D eigenvalue weighted by molar-refractivity contribution is 0.0950. The van der Waals surface area contributed by atoms with Crippen molar-refractivity contribution in [2.75, 3.05) is 6.61 Å². The van der Waals surface area contributed by atoms with E-state index in [2.05, 4.69) is 52.8 Å². The third-order valence-corrected chi connectivity index (χ3v) is 6.66. The number of hydrogen-bond acceptors (Lipinski definition) is 4. The summed E-state index contributed by atoms with van der Waals surface area (Å²) in [5, 5.41) is 12.6. The maximum absolute atomic E-state index is 12.8. The largest absolute Gasteiger partial charge is 0.493 e. The number of fused-ring (bicyclic) bond motifs is 1. The van der Waals surface area contributed by atoms with Crippen LogP contribution in [0.15, 0.2) is 66.9 Å². The van der Waals surface area contributed by atoms with Crippen molar-refractivity contribution in [2.45, 2.75) is 43.6 Å². The Hall–Kier alpha value is -3.65. The molecule has 2 heterocycles. The monoisotopic (exact) mass is 423 g/mol. The third kappa shape index (κ3) is 3.85. The first-order chi connectivity index (χ1) is 15.6. The van der Waals surface area contributed by atoms with Crippen molar-refractivity contribution >= 4 is 5.91 Å². The van der Waals surface area contributed by atoms with Crippen molar-refractivity contribution in [3.8, 4) is 11.8 Å². The highest BCUT2D eigenvalue weighted by Crippen LogP contribution is 2.54. The maximum atomic E-state index is 12.8. The van der Waals surface area contributed by atoms with Crippen LogP contribution < -0.4 is 10.1 Å². The molecule has 1 aliphatic heterocycles. The van der Waals surface area contributed by atoms with Gasteiger partial charge in [-0.1, -0.05) is 30.3 Å². The summed E-state index contributed by atoms with van der Waals surface area (Å²) in [7, 11) is 0. The Labute approximate surface area is 188 Å². The van der Waals surface area contributed by atoms with Crippen LogP contribution in [0.3, 0.4) is 0 Å². The zero-order valence-electron chi connectivity index (χ0n) is 18.0. The van der Waals surface area contributed by atoms with E-state index in [1.807, 2.05) is 19.2 Å². The lowest BCUT2D eigenvalue weighted by Crippen LogP contribution is -2.29. The summed E-state index contributed by atoms with van der Waals surface area (Å²) in [6.07, 6.45) is 3.59. The molecule has 5 rings (SSSR count). The van der Waals surface area contributed by atoms with Gasteiger partial charge in [-0.25, -0.2) is 0 Å². The van der Waals surface area contributed by atoms with Crippen LogP contribution in [0.2, 0.25) is 0 Å². The molecule has 0 bridgehead atoms. The number of carbonyl (C=O) groups excluding carboxylic acids is 1. The van der Waals surface area contributed by atoms with Crippen molar-refractivity contribution in [3.05, 3.63) is 94.8 Å². The Morgan fingerprint density at radius 3 is 2.78 bits per heavy atom. The second kappa shape index (κ2) is 8.12. The van der Waals surface area contributed by atoms with Gasteiger partial charge in [0.2, 0.25) is 0 Å². The molecule has 1 amide bonds. The van der Waals surface area contributed by atoms with Gasteiger partial charge < -0.3 is 10.1 Å². The van der Waals surface area contributed by atoms with Crippen LogP contribution in [0.5, 0.6) is 5.75 Å². The average molecular weight is 424 g/mol. The van der Waals surface area contributed by atoms with E-state index in [0.717, 1.165) is 17.7 Å². The highest BCUT2D eigenvalue weighted by atomic mass is 16.5. The van der Waals surface area contributed by atoms with Gasteiger partial charge in [0.1, 0.15) is 5.75 Å². The van der Waals surface area contributed by atoms with Crippen LogP contribution in [0.25, 0.3) is 0 Å². The summed E-state index contributed by atoms with van der Waals surface area (Å²) in [5.41, 5.74) is 4.16. The van der Waals surface area contributed by atoms with Gasteiger partial charge >= 0.3 is 0 Å². The lowest BCUT2D eigenvalue weighted by Gasteiger charge is -2.30. The summed E-state index contributed by atoms with van der Waals surface area (Å²) in [5.74, 6) is 1.58. The Kier molecular flexibility index (Phi) is 5.14. The quantitative estimate of drug-likeness (QED) is 0.637. The van der Waals surface area contributed by atoms with Gasteiger partial charge in [-0.15, -0.1) is 0 Å². The predicted octanol–water partition coefficient (Wildman–Crippen LogP) is 4.85. The first-order valence-corrected chi connectivity index (χ1v) is 11.0. The van der Waals surface area contributed by atoms with Crippen LogP contribution in [0, 0.1) is 11.3 Å². The van der Waals surface area contributed by atoms with Gasteiger partial charge in [0.15, 0.2) is 0 Å². The third-order valence-electron chi connectivity index (χ3n) is 6.66. The highest BCUT2D eigenvalue weighted by molar-refractivity contribution is 5.94. The van der Waals surface area contributed by atoms with Gasteiger partial charge in [0.25, 0.3) is 5.91 Å². The lowest BCUT2D eigenvalue weighted by atomic mass is 9.78. The fraction of sp³-hybridized carbons (Fsp3) is 0.296. The molecule has 3 atom stereocenters. The molecular weight excluding hydrogens is 398 g/mol. The van der Waals surface area contributed by atoms with Gasteiger partial charge in [-0.3, -0.25) is 9.78 Å². The van der Waals surface area contributed by atoms with Gasteiger partial charge in [-0.05, 0) is 66.6 Å². The van der Waals surface area contributed by atoms with Gasteiger partial charge in [0, 0.05) is 23.7 Å². The smallest absolute Gasteiger partial charge is 0.251 e. The molecule has 1 saturated carbocycles. The molecule has 0 saturated heterocycles. The number of hydrogen-bond donors (Lipinski definition) is 1. The van der Waals surface area contributed by atoms with Crippen LogP contribution in [0.1, 0.15) is 64.3 Å². The molecule has 3 aromatic rings.